The van der Waals surface area contributed by atoms with Crippen LogP contribution in [0, 0.1) is 0 Å². The Bertz CT molecular complexity index is 722. The normalized spacial score (nSPS) is 10.7. The van der Waals surface area contributed by atoms with Crippen LogP contribution in [0.15, 0.2) is 60.7 Å². The van der Waals surface area contributed by atoms with Crippen molar-refractivity contribution < 1.29 is 0 Å². The number of halogens is 2. The van der Waals surface area contributed by atoms with Crippen LogP contribution in [0.5, 0.6) is 0 Å². The Balaban J connectivity index is 2.13. The molecule has 100 valence electrons. The number of para-hydroxylation sites is 1. The van der Waals surface area contributed by atoms with E-state index < -0.39 is 0 Å². The van der Waals surface area contributed by atoms with E-state index in [4.69, 9.17) is 11.6 Å². The van der Waals surface area contributed by atoms with Crippen LogP contribution in [-0.4, -0.2) is 9.78 Å². The summed E-state index contributed by atoms with van der Waals surface area (Å²) in [5.74, 6) is 0. The zero-order valence-corrected chi connectivity index (χ0v) is 13.0. The van der Waals surface area contributed by atoms with Gasteiger partial charge in [0.1, 0.15) is 0 Å². The second kappa shape index (κ2) is 5.81. The molecule has 0 atom stereocenters. The monoisotopic (exact) mass is 346 g/mol. The number of hydrogen-bond acceptors (Lipinski definition) is 1. The summed E-state index contributed by atoms with van der Waals surface area (Å²) in [5, 5.41) is 6.13. The molecule has 4 heteroatoms. The summed E-state index contributed by atoms with van der Waals surface area (Å²) in [6.45, 7) is 0. The molecule has 0 aliphatic heterocycles. The molecule has 0 aliphatic rings. The predicted octanol–water partition coefficient (Wildman–Crippen LogP) is 5.09. The lowest BCUT2D eigenvalue weighted by molar-refractivity contribution is 0.846. The SMILES string of the molecule is Clc1ccccc1-c1cc(CBr)n(-c2ccccc2)n1. The molecule has 0 saturated carbocycles. The highest BCUT2D eigenvalue weighted by molar-refractivity contribution is 9.08. The summed E-state index contributed by atoms with van der Waals surface area (Å²) in [6.07, 6.45) is 0. The lowest BCUT2D eigenvalue weighted by atomic mass is 10.1. The van der Waals surface area contributed by atoms with E-state index >= 15 is 0 Å². The fraction of sp³-hybridized carbons (Fsp3) is 0.0625. The van der Waals surface area contributed by atoms with Gasteiger partial charge in [0.15, 0.2) is 0 Å². The second-order valence-corrected chi connectivity index (χ2v) is 5.35. The minimum absolute atomic E-state index is 0.714. The van der Waals surface area contributed by atoms with Crippen LogP contribution in [0.3, 0.4) is 0 Å². The number of nitrogens with zero attached hydrogens (tertiary/aromatic N) is 2. The first-order valence-corrected chi connectivity index (χ1v) is 7.75. The summed E-state index contributed by atoms with van der Waals surface area (Å²) < 4.78 is 1.94. The molecule has 0 fully saturated rings. The molecule has 0 unspecified atom stereocenters. The topological polar surface area (TPSA) is 17.8 Å². The van der Waals surface area contributed by atoms with Crippen LogP contribution < -0.4 is 0 Å². The Morgan fingerprint density at radius 2 is 1.70 bits per heavy atom. The van der Waals surface area contributed by atoms with Crippen molar-refractivity contribution in [1.82, 2.24) is 9.78 Å². The molecule has 0 bridgehead atoms. The van der Waals surface area contributed by atoms with Gasteiger partial charge in [0.25, 0.3) is 0 Å². The molecule has 0 spiro atoms. The molecule has 2 nitrogen and oxygen atoms in total. The summed E-state index contributed by atoms with van der Waals surface area (Å²) in [4.78, 5) is 0. The quantitative estimate of drug-likeness (QED) is 0.604. The minimum atomic E-state index is 0.714. The Kier molecular flexibility index (Phi) is 3.90. The van der Waals surface area contributed by atoms with Gasteiger partial charge in [-0.15, -0.1) is 0 Å². The van der Waals surface area contributed by atoms with Crippen LogP contribution in [0.25, 0.3) is 16.9 Å². The molecule has 1 heterocycles. The van der Waals surface area contributed by atoms with Gasteiger partial charge in [-0.05, 0) is 24.3 Å². The van der Waals surface area contributed by atoms with Crippen LogP contribution in [0.2, 0.25) is 5.02 Å². The number of rotatable bonds is 3. The zero-order valence-electron chi connectivity index (χ0n) is 10.6. The molecule has 0 aliphatic carbocycles. The Morgan fingerprint density at radius 1 is 1.00 bits per heavy atom. The zero-order chi connectivity index (χ0) is 13.9. The van der Waals surface area contributed by atoms with Crippen LogP contribution >= 0.6 is 27.5 Å². The molecule has 0 N–H and O–H groups in total. The van der Waals surface area contributed by atoms with Crippen molar-refractivity contribution >= 4 is 27.5 Å². The predicted molar refractivity (Wildman–Crippen MR) is 86.6 cm³/mol. The van der Waals surface area contributed by atoms with Crippen molar-refractivity contribution in [2.75, 3.05) is 0 Å². The Hall–Kier alpha value is -1.58. The third-order valence-electron chi connectivity index (χ3n) is 3.07. The maximum atomic E-state index is 6.25. The number of benzene rings is 2. The largest absolute Gasteiger partial charge is 0.236 e. The van der Waals surface area contributed by atoms with Crippen molar-refractivity contribution in [2.24, 2.45) is 0 Å². The Labute approximate surface area is 131 Å². The van der Waals surface area contributed by atoms with Gasteiger partial charge >= 0.3 is 0 Å². The van der Waals surface area contributed by atoms with E-state index in [2.05, 4.69) is 27.1 Å². The lowest BCUT2D eigenvalue weighted by Gasteiger charge is -2.04. The van der Waals surface area contributed by atoms with Crippen LogP contribution in [0.4, 0.5) is 0 Å². The highest BCUT2D eigenvalue weighted by atomic mass is 79.9. The molecule has 3 aromatic rings. The first-order valence-electron chi connectivity index (χ1n) is 6.25. The van der Waals surface area contributed by atoms with E-state index in [1.54, 1.807) is 0 Å². The van der Waals surface area contributed by atoms with Crippen molar-refractivity contribution in [3.63, 3.8) is 0 Å². The lowest BCUT2D eigenvalue weighted by Crippen LogP contribution is -1.99. The smallest absolute Gasteiger partial charge is 0.0945 e. The molecular formula is C16H12BrClN2. The van der Waals surface area contributed by atoms with Gasteiger partial charge in [-0.3, -0.25) is 0 Å². The van der Waals surface area contributed by atoms with E-state index in [1.165, 1.54) is 0 Å². The molecule has 0 amide bonds. The van der Waals surface area contributed by atoms with E-state index in [-0.39, 0.29) is 0 Å². The van der Waals surface area contributed by atoms with Crippen molar-refractivity contribution in [3.8, 4) is 16.9 Å². The van der Waals surface area contributed by atoms with Gasteiger partial charge in [-0.25, -0.2) is 4.68 Å². The van der Waals surface area contributed by atoms with Gasteiger partial charge in [0.05, 0.1) is 22.1 Å². The maximum absolute atomic E-state index is 6.25. The van der Waals surface area contributed by atoms with Crippen molar-refractivity contribution in [1.29, 1.82) is 0 Å². The second-order valence-electron chi connectivity index (χ2n) is 4.38. The number of alkyl halides is 1. The summed E-state index contributed by atoms with van der Waals surface area (Å²) in [7, 11) is 0. The van der Waals surface area contributed by atoms with E-state index in [0.29, 0.717) is 5.02 Å². The van der Waals surface area contributed by atoms with Gasteiger partial charge in [0, 0.05) is 10.9 Å². The number of aromatic nitrogens is 2. The molecule has 0 radical (unpaired) electrons. The Morgan fingerprint density at radius 3 is 2.40 bits per heavy atom. The van der Waals surface area contributed by atoms with Crippen molar-refractivity contribution in [2.45, 2.75) is 5.33 Å². The fourth-order valence-corrected chi connectivity index (χ4v) is 2.74. The molecule has 0 saturated heterocycles. The average Bonchev–Trinajstić information content (AvgIpc) is 2.92. The minimum Gasteiger partial charge on any atom is -0.236 e. The van der Waals surface area contributed by atoms with Gasteiger partial charge in [-0.2, -0.15) is 5.10 Å². The van der Waals surface area contributed by atoms with Gasteiger partial charge in [-0.1, -0.05) is 63.9 Å². The third kappa shape index (κ3) is 2.51. The third-order valence-corrected chi connectivity index (χ3v) is 3.97. The van der Waals surface area contributed by atoms with Crippen LogP contribution in [0.1, 0.15) is 5.69 Å². The molecule has 1 aromatic heterocycles. The highest BCUT2D eigenvalue weighted by Gasteiger charge is 2.12. The first-order chi connectivity index (χ1) is 9.79. The molecular weight excluding hydrogens is 336 g/mol. The van der Waals surface area contributed by atoms with Crippen LogP contribution in [-0.2, 0) is 5.33 Å². The summed E-state index contributed by atoms with van der Waals surface area (Å²) in [6, 6.07) is 19.9. The highest BCUT2D eigenvalue weighted by Crippen LogP contribution is 2.28. The molecule has 3 rings (SSSR count). The standard InChI is InChI=1S/C16H12BrClN2/c17-11-13-10-16(14-8-4-5-9-15(14)18)19-20(13)12-6-2-1-3-7-12/h1-10H,11H2. The number of hydrogen-bond donors (Lipinski definition) is 0. The summed E-state index contributed by atoms with van der Waals surface area (Å²) in [5.41, 5.74) is 3.96. The first kappa shape index (κ1) is 13.4. The maximum Gasteiger partial charge on any atom is 0.0945 e. The molecule has 2 aromatic carbocycles. The van der Waals surface area contributed by atoms with Crippen molar-refractivity contribution in [3.05, 3.63) is 71.4 Å². The summed E-state index contributed by atoms with van der Waals surface area (Å²) >= 11 is 9.76. The van der Waals surface area contributed by atoms with Gasteiger partial charge < -0.3 is 0 Å². The van der Waals surface area contributed by atoms with E-state index in [1.807, 2.05) is 59.3 Å². The molecule has 20 heavy (non-hydrogen) atoms. The van der Waals surface area contributed by atoms with E-state index in [0.717, 1.165) is 28.0 Å². The fourth-order valence-electron chi connectivity index (χ4n) is 2.11. The van der Waals surface area contributed by atoms with E-state index in [9.17, 15) is 0 Å². The average molecular weight is 348 g/mol. The van der Waals surface area contributed by atoms with Gasteiger partial charge in [0.2, 0.25) is 0 Å².